The van der Waals surface area contributed by atoms with E-state index in [0.29, 0.717) is 6.61 Å². The highest BCUT2D eigenvalue weighted by atomic mass is 16.6. The maximum atomic E-state index is 10.9. The Morgan fingerprint density at radius 3 is 1.60 bits per heavy atom. The minimum atomic E-state index is -0.531. The molecule has 4 heteroatoms. The molecule has 0 heterocycles. The average Bonchev–Trinajstić information content (AvgIpc) is 2.85. The van der Waals surface area contributed by atoms with Crippen molar-refractivity contribution in [3.05, 3.63) is 24.3 Å². The summed E-state index contributed by atoms with van der Waals surface area (Å²) < 4.78 is 10.4. The summed E-state index contributed by atoms with van der Waals surface area (Å²) in [6.07, 6.45) is 35.1. The third-order valence-corrected chi connectivity index (χ3v) is 6.33. The first-order valence-electron chi connectivity index (χ1n) is 14.9. The number of carbonyl (C=O) groups is 1. The second-order valence-corrected chi connectivity index (χ2v) is 9.90. The number of carbonyl (C=O) groups excluding carboxylic acids is 1. The second kappa shape index (κ2) is 29.1. The normalized spacial score (nSPS) is 12.7. The van der Waals surface area contributed by atoms with E-state index in [2.05, 4.69) is 31.2 Å². The van der Waals surface area contributed by atoms with Gasteiger partial charge in [-0.2, -0.15) is 0 Å². The summed E-state index contributed by atoms with van der Waals surface area (Å²) in [6, 6.07) is 0. The Hall–Kier alpha value is -1.13. The Kier molecular flexibility index (Phi) is 28.2. The van der Waals surface area contributed by atoms with Crippen molar-refractivity contribution in [3.8, 4) is 0 Å². The molecular weight excluding hydrogens is 436 g/mol. The fourth-order valence-electron chi connectivity index (χ4n) is 4.18. The predicted octanol–water partition coefficient (Wildman–Crippen LogP) is 8.86. The number of ether oxygens (including phenoxy) is 2. The van der Waals surface area contributed by atoms with E-state index in [1.54, 1.807) is 0 Å². The van der Waals surface area contributed by atoms with Crippen LogP contribution in [0, 0.1) is 0 Å². The molecule has 1 unspecified atom stereocenters. The quantitative estimate of drug-likeness (QED) is 0.0703. The van der Waals surface area contributed by atoms with Gasteiger partial charge in [0.15, 0.2) is 0 Å². The number of allylic oxidation sites excluding steroid dienone is 4. The summed E-state index contributed by atoms with van der Waals surface area (Å²) in [5.74, 6) is -0.377. The lowest BCUT2D eigenvalue weighted by atomic mass is 10.0. The molecule has 206 valence electrons. The largest absolute Gasteiger partial charge is 0.458 e. The van der Waals surface area contributed by atoms with E-state index in [0.717, 1.165) is 12.8 Å². The van der Waals surface area contributed by atoms with Crippen LogP contribution in [-0.2, 0) is 14.3 Å². The van der Waals surface area contributed by atoms with Gasteiger partial charge in [0.1, 0.15) is 6.10 Å². The highest BCUT2D eigenvalue weighted by molar-refractivity contribution is 5.66. The minimum absolute atomic E-state index is 0.186. The SMILES string of the molecule is CCCCCCC/C=C\C/C=C\CCCCCCCCCCCCCCOCC(CO)OC(C)=O. The molecule has 0 aliphatic carbocycles. The van der Waals surface area contributed by atoms with Crippen LogP contribution >= 0.6 is 0 Å². The van der Waals surface area contributed by atoms with Crippen LogP contribution in [0.25, 0.3) is 0 Å². The molecule has 0 spiro atoms. The molecule has 0 radical (unpaired) electrons. The number of unbranched alkanes of at least 4 members (excludes halogenated alkanes) is 17. The average molecular weight is 495 g/mol. The van der Waals surface area contributed by atoms with Crippen molar-refractivity contribution in [3.63, 3.8) is 0 Å². The number of rotatable bonds is 27. The topological polar surface area (TPSA) is 55.8 Å². The molecular formula is C31H58O4. The Morgan fingerprint density at radius 1 is 0.686 bits per heavy atom. The van der Waals surface area contributed by atoms with E-state index < -0.39 is 6.10 Å². The summed E-state index contributed by atoms with van der Waals surface area (Å²) in [4.78, 5) is 10.9. The molecule has 0 rings (SSSR count). The zero-order valence-corrected chi connectivity index (χ0v) is 23.3. The summed E-state index contributed by atoms with van der Waals surface area (Å²) in [7, 11) is 0. The van der Waals surface area contributed by atoms with Gasteiger partial charge in [-0.05, 0) is 38.5 Å². The fraction of sp³-hybridized carbons (Fsp3) is 0.839. The van der Waals surface area contributed by atoms with E-state index in [1.165, 1.54) is 122 Å². The van der Waals surface area contributed by atoms with Gasteiger partial charge in [0.2, 0.25) is 0 Å². The van der Waals surface area contributed by atoms with Gasteiger partial charge in [0.05, 0.1) is 13.2 Å². The van der Waals surface area contributed by atoms with Crippen molar-refractivity contribution in [2.24, 2.45) is 0 Å². The van der Waals surface area contributed by atoms with Crippen LogP contribution in [-0.4, -0.2) is 37.0 Å². The molecule has 1 atom stereocenters. The number of aliphatic hydroxyl groups is 1. The maximum Gasteiger partial charge on any atom is 0.303 e. The van der Waals surface area contributed by atoms with Crippen molar-refractivity contribution < 1.29 is 19.4 Å². The first-order chi connectivity index (χ1) is 17.2. The number of aliphatic hydroxyl groups excluding tert-OH is 1. The van der Waals surface area contributed by atoms with Crippen LogP contribution < -0.4 is 0 Å². The van der Waals surface area contributed by atoms with Gasteiger partial charge in [-0.25, -0.2) is 0 Å². The van der Waals surface area contributed by atoms with Gasteiger partial charge in [-0.15, -0.1) is 0 Å². The molecule has 0 fully saturated rings. The molecule has 0 amide bonds. The van der Waals surface area contributed by atoms with Crippen LogP contribution in [0.2, 0.25) is 0 Å². The molecule has 1 N–H and O–H groups in total. The van der Waals surface area contributed by atoms with Crippen LogP contribution in [0.5, 0.6) is 0 Å². The van der Waals surface area contributed by atoms with Gasteiger partial charge in [-0.1, -0.05) is 121 Å². The zero-order chi connectivity index (χ0) is 25.7. The standard InChI is InChI=1S/C31H58O4/c1-3-4-5-6-7-8-9-10-11-12-13-14-15-16-17-18-19-20-21-22-23-24-25-26-27-34-29-31(28-32)35-30(2)33/h9-10,12-13,31-32H,3-8,11,14-29H2,1-2H3/b10-9-,13-12-. The van der Waals surface area contributed by atoms with Gasteiger partial charge in [-0.3, -0.25) is 4.79 Å². The molecule has 0 aliphatic heterocycles. The summed E-state index contributed by atoms with van der Waals surface area (Å²) in [6.45, 7) is 4.38. The Morgan fingerprint density at radius 2 is 1.14 bits per heavy atom. The van der Waals surface area contributed by atoms with Gasteiger partial charge < -0.3 is 14.6 Å². The van der Waals surface area contributed by atoms with Crippen LogP contribution in [0.15, 0.2) is 24.3 Å². The van der Waals surface area contributed by atoms with E-state index >= 15 is 0 Å². The van der Waals surface area contributed by atoms with Gasteiger partial charge in [0.25, 0.3) is 0 Å². The molecule has 0 bridgehead atoms. The highest BCUT2D eigenvalue weighted by Gasteiger charge is 2.10. The fourth-order valence-corrected chi connectivity index (χ4v) is 4.18. The second-order valence-electron chi connectivity index (χ2n) is 9.90. The van der Waals surface area contributed by atoms with Crippen molar-refractivity contribution >= 4 is 5.97 Å². The van der Waals surface area contributed by atoms with E-state index in [-0.39, 0.29) is 19.2 Å². The molecule has 0 aromatic carbocycles. The molecule has 0 saturated heterocycles. The summed E-state index contributed by atoms with van der Waals surface area (Å²) in [5.41, 5.74) is 0. The van der Waals surface area contributed by atoms with E-state index in [1.807, 2.05) is 0 Å². The third-order valence-electron chi connectivity index (χ3n) is 6.33. The Balaban J connectivity index is 3.21. The Labute approximate surface area is 217 Å². The van der Waals surface area contributed by atoms with Gasteiger partial charge >= 0.3 is 5.97 Å². The van der Waals surface area contributed by atoms with Crippen molar-refractivity contribution in [2.75, 3.05) is 19.8 Å². The molecule has 0 saturated carbocycles. The lowest BCUT2D eigenvalue weighted by Gasteiger charge is -2.14. The Bertz CT molecular complexity index is 486. The predicted molar refractivity (Wildman–Crippen MR) is 150 cm³/mol. The van der Waals surface area contributed by atoms with Crippen LogP contribution in [0.3, 0.4) is 0 Å². The lowest BCUT2D eigenvalue weighted by molar-refractivity contribution is -0.152. The molecule has 35 heavy (non-hydrogen) atoms. The third kappa shape index (κ3) is 29.0. The van der Waals surface area contributed by atoms with E-state index in [9.17, 15) is 4.79 Å². The van der Waals surface area contributed by atoms with Crippen molar-refractivity contribution in [2.45, 2.75) is 148 Å². The highest BCUT2D eigenvalue weighted by Crippen LogP contribution is 2.13. The lowest BCUT2D eigenvalue weighted by Crippen LogP contribution is -2.26. The number of hydrogen-bond donors (Lipinski definition) is 1. The number of hydrogen-bond acceptors (Lipinski definition) is 4. The first-order valence-corrected chi connectivity index (χ1v) is 14.9. The first kappa shape index (κ1) is 33.9. The minimum Gasteiger partial charge on any atom is -0.458 e. The molecule has 4 nitrogen and oxygen atoms in total. The smallest absolute Gasteiger partial charge is 0.303 e. The number of esters is 1. The summed E-state index contributed by atoms with van der Waals surface area (Å²) in [5, 5.41) is 9.11. The van der Waals surface area contributed by atoms with E-state index in [4.69, 9.17) is 14.6 Å². The molecule has 0 aromatic heterocycles. The van der Waals surface area contributed by atoms with Gasteiger partial charge in [0, 0.05) is 13.5 Å². The molecule has 0 aliphatic rings. The van der Waals surface area contributed by atoms with Crippen molar-refractivity contribution in [1.82, 2.24) is 0 Å². The monoisotopic (exact) mass is 494 g/mol. The van der Waals surface area contributed by atoms with Crippen LogP contribution in [0.1, 0.15) is 142 Å². The van der Waals surface area contributed by atoms with Crippen LogP contribution in [0.4, 0.5) is 0 Å². The zero-order valence-electron chi connectivity index (χ0n) is 23.3. The molecule has 0 aromatic rings. The maximum absolute atomic E-state index is 10.9. The van der Waals surface area contributed by atoms with Crippen molar-refractivity contribution in [1.29, 1.82) is 0 Å². The summed E-state index contributed by atoms with van der Waals surface area (Å²) >= 11 is 0.